The van der Waals surface area contributed by atoms with Crippen LogP contribution in [0.1, 0.15) is 71.1 Å². The highest BCUT2D eigenvalue weighted by atomic mass is 19.1. The molecule has 0 aromatic heterocycles. The van der Waals surface area contributed by atoms with Crippen molar-refractivity contribution in [1.29, 1.82) is 0 Å². The van der Waals surface area contributed by atoms with Crippen LogP contribution in [0.3, 0.4) is 0 Å². The molecule has 0 aliphatic heterocycles. The van der Waals surface area contributed by atoms with Gasteiger partial charge in [-0.05, 0) is 6.42 Å². The number of halogens is 1. The number of hydrogen-bond acceptors (Lipinski definition) is 1. The topological polar surface area (TPSA) is 9.23 Å². The second-order valence-corrected chi connectivity index (χ2v) is 5.01. The van der Waals surface area contributed by atoms with Crippen LogP contribution in [0.4, 0.5) is 4.39 Å². The van der Waals surface area contributed by atoms with E-state index in [1.807, 2.05) is 0 Å². The summed E-state index contributed by atoms with van der Waals surface area (Å²) in [6.07, 6.45) is 13.4. The van der Waals surface area contributed by atoms with Crippen LogP contribution in [0.25, 0.3) is 0 Å². The van der Waals surface area contributed by atoms with Crippen molar-refractivity contribution >= 4 is 0 Å². The summed E-state index contributed by atoms with van der Waals surface area (Å²) in [6, 6.07) is 0. The van der Waals surface area contributed by atoms with Crippen LogP contribution in [-0.2, 0) is 4.74 Å². The van der Waals surface area contributed by atoms with Gasteiger partial charge in [-0.25, -0.2) is 4.39 Å². The van der Waals surface area contributed by atoms with Crippen molar-refractivity contribution in [3.8, 4) is 0 Å². The molecule has 0 saturated carbocycles. The molecular weight excluding hydrogens is 227 g/mol. The highest BCUT2D eigenvalue weighted by Gasteiger charge is 1.99. The minimum atomic E-state index is -1.01. The first-order valence-electron chi connectivity index (χ1n) is 7.65. The van der Waals surface area contributed by atoms with Crippen molar-refractivity contribution in [2.75, 3.05) is 13.2 Å². The smallest absolute Gasteiger partial charge is 0.141 e. The van der Waals surface area contributed by atoms with Crippen molar-refractivity contribution in [1.82, 2.24) is 0 Å². The molecule has 0 aromatic carbocycles. The molecule has 0 saturated heterocycles. The van der Waals surface area contributed by atoms with Crippen LogP contribution >= 0.6 is 0 Å². The summed E-state index contributed by atoms with van der Waals surface area (Å²) in [5.74, 6) is 0. The van der Waals surface area contributed by atoms with Crippen molar-refractivity contribution in [3.63, 3.8) is 0 Å². The third-order valence-electron chi connectivity index (χ3n) is 3.18. The van der Waals surface area contributed by atoms with Crippen LogP contribution < -0.4 is 0 Å². The number of alkyl halides is 1. The molecule has 0 fully saturated rings. The Morgan fingerprint density at radius 2 is 1.44 bits per heavy atom. The van der Waals surface area contributed by atoms with Gasteiger partial charge in [-0.2, -0.15) is 0 Å². The quantitative estimate of drug-likeness (QED) is 0.297. The first-order valence-corrected chi connectivity index (χ1v) is 7.65. The standard InChI is InChI=1S/C16H31FO/c1-3-5-6-7-8-9-10-11-12-13-14-18-15-16(17)4-2/h4,16H,2-3,5-15H2,1H3. The van der Waals surface area contributed by atoms with Gasteiger partial charge in [-0.15, -0.1) is 6.58 Å². The van der Waals surface area contributed by atoms with E-state index >= 15 is 0 Å². The van der Waals surface area contributed by atoms with Crippen LogP contribution in [0, 0.1) is 0 Å². The van der Waals surface area contributed by atoms with E-state index in [2.05, 4.69) is 13.5 Å². The Kier molecular flexibility index (Phi) is 14.4. The normalized spacial score (nSPS) is 12.6. The summed E-state index contributed by atoms with van der Waals surface area (Å²) in [6.45, 7) is 6.49. The number of hydrogen-bond donors (Lipinski definition) is 0. The summed E-state index contributed by atoms with van der Waals surface area (Å²) in [5.41, 5.74) is 0. The van der Waals surface area contributed by atoms with Gasteiger partial charge in [0.25, 0.3) is 0 Å². The monoisotopic (exact) mass is 258 g/mol. The summed E-state index contributed by atoms with van der Waals surface area (Å²) >= 11 is 0. The summed E-state index contributed by atoms with van der Waals surface area (Å²) < 4.78 is 17.9. The fourth-order valence-electron chi connectivity index (χ4n) is 1.96. The second-order valence-electron chi connectivity index (χ2n) is 5.01. The van der Waals surface area contributed by atoms with Gasteiger partial charge in [0.2, 0.25) is 0 Å². The van der Waals surface area contributed by atoms with E-state index < -0.39 is 6.17 Å². The van der Waals surface area contributed by atoms with Crippen LogP contribution in [0.15, 0.2) is 12.7 Å². The molecule has 0 aliphatic carbocycles. The molecule has 1 unspecified atom stereocenters. The third-order valence-corrected chi connectivity index (χ3v) is 3.18. The van der Waals surface area contributed by atoms with Gasteiger partial charge in [0.05, 0.1) is 6.61 Å². The SMILES string of the molecule is C=CC(F)COCCCCCCCCCCCC. The third kappa shape index (κ3) is 13.7. The summed E-state index contributed by atoms with van der Waals surface area (Å²) in [5, 5.41) is 0. The Morgan fingerprint density at radius 3 is 1.94 bits per heavy atom. The fourth-order valence-corrected chi connectivity index (χ4v) is 1.96. The first kappa shape index (κ1) is 17.6. The zero-order valence-electron chi connectivity index (χ0n) is 12.1. The zero-order chi connectivity index (χ0) is 13.5. The highest BCUT2D eigenvalue weighted by Crippen LogP contribution is 2.10. The molecule has 0 bridgehead atoms. The molecule has 1 atom stereocenters. The van der Waals surface area contributed by atoms with Crippen molar-refractivity contribution in [2.45, 2.75) is 77.3 Å². The lowest BCUT2D eigenvalue weighted by Crippen LogP contribution is -2.07. The van der Waals surface area contributed by atoms with Crippen LogP contribution in [0.5, 0.6) is 0 Å². The summed E-state index contributed by atoms with van der Waals surface area (Å²) in [4.78, 5) is 0. The van der Waals surface area contributed by atoms with Gasteiger partial charge < -0.3 is 4.74 Å². The Balaban J connectivity index is 2.96. The van der Waals surface area contributed by atoms with E-state index in [-0.39, 0.29) is 6.61 Å². The highest BCUT2D eigenvalue weighted by molar-refractivity contribution is 4.77. The Bertz CT molecular complexity index is 170. The Morgan fingerprint density at radius 1 is 0.944 bits per heavy atom. The number of ether oxygens (including phenoxy) is 1. The second kappa shape index (κ2) is 14.7. The van der Waals surface area contributed by atoms with Gasteiger partial charge in [-0.3, -0.25) is 0 Å². The maximum atomic E-state index is 12.7. The molecule has 0 radical (unpaired) electrons. The van der Waals surface area contributed by atoms with Crippen molar-refractivity contribution in [2.24, 2.45) is 0 Å². The molecule has 0 aliphatic rings. The van der Waals surface area contributed by atoms with E-state index in [1.165, 1.54) is 63.9 Å². The van der Waals surface area contributed by atoms with Crippen molar-refractivity contribution < 1.29 is 9.13 Å². The summed E-state index contributed by atoms with van der Waals surface area (Å²) in [7, 11) is 0. The van der Waals surface area contributed by atoms with E-state index in [4.69, 9.17) is 4.74 Å². The average Bonchev–Trinajstić information content (AvgIpc) is 2.39. The van der Waals surface area contributed by atoms with E-state index in [9.17, 15) is 4.39 Å². The molecule has 18 heavy (non-hydrogen) atoms. The van der Waals surface area contributed by atoms with Crippen LogP contribution in [0.2, 0.25) is 0 Å². The molecule has 108 valence electrons. The van der Waals surface area contributed by atoms with Gasteiger partial charge in [0, 0.05) is 6.61 Å². The molecule has 0 N–H and O–H groups in total. The Labute approximate surface area is 113 Å². The molecular formula is C16H31FO. The minimum Gasteiger partial charge on any atom is -0.378 e. The number of unbranched alkanes of at least 4 members (excludes halogenated alkanes) is 9. The lowest BCUT2D eigenvalue weighted by molar-refractivity contribution is 0.0939. The lowest BCUT2D eigenvalue weighted by atomic mass is 10.1. The zero-order valence-corrected chi connectivity index (χ0v) is 12.1. The predicted octanol–water partition coefficient (Wildman–Crippen LogP) is 5.45. The minimum absolute atomic E-state index is 0.168. The molecule has 0 rings (SSSR count). The van der Waals surface area contributed by atoms with E-state index in [0.717, 1.165) is 6.42 Å². The fraction of sp³-hybridized carbons (Fsp3) is 0.875. The van der Waals surface area contributed by atoms with Gasteiger partial charge in [0.15, 0.2) is 0 Å². The lowest BCUT2D eigenvalue weighted by Gasteiger charge is -2.05. The first-order chi connectivity index (χ1) is 8.81. The van der Waals surface area contributed by atoms with Gasteiger partial charge in [0.1, 0.15) is 6.17 Å². The Hall–Kier alpha value is -0.370. The van der Waals surface area contributed by atoms with Crippen molar-refractivity contribution in [3.05, 3.63) is 12.7 Å². The maximum absolute atomic E-state index is 12.7. The molecule has 0 aromatic rings. The van der Waals surface area contributed by atoms with Gasteiger partial charge >= 0.3 is 0 Å². The molecule has 2 heteroatoms. The molecule has 1 nitrogen and oxygen atoms in total. The van der Waals surface area contributed by atoms with Gasteiger partial charge in [-0.1, -0.05) is 70.8 Å². The average molecular weight is 258 g/mol. The van der Waals surface area contributed by atoms with E-state index in [1.54, 1.807) is 0 Å². The number of rotatable bonds is 14. The van der Waals surface area contributed by atoms with Crippen LogP contribution in [-0.4, -0.2) is 19.4 Å². The molecule has 0 heterocycles. The largest absolute Gasteiger partial charge is 0.378 e. The molecule has 0 amide bonds. The molecule has 0 spiro atoms. The van der Waals surface area contributed by atoms with E-state index in [0.29, 0.717) is 6.61 Å². The maximum Gasteiger partial charge on any atom is 0.141 e. The predicted molar refractivity (Wildman–Crippen MR) is 77.8 cm³/mol.